The number of hydrogen-bond donors (Lipinski definition) is 1. The quantitative estimate of drug-likeness (QED) is 0.910. The Morgan fingerprint density at radius 1 is 0.947 bits per heavy atom. The molecule has 0 aromatic heterocycles. The second-order valence-electron chi connectivity index (χ2n) is 4.59. The van der Waals surface area contributed by atoms with Crippen molar-refractivity contribution >= 4 is 0 Å². The molecule has 1 aliphatic rings. The van der Waals surface area contributed by atoms with Crippen molar-refractivity contribution in [2.24, 2.45) is 0 Å². The summed E-state index contributed by atoms with van der Waals surface area (Å²) < 4.78 is 12.1. The Morgan fingerprint density at radius 3 is 2.42 bits per heavy atom. The monoisotopic (exact) mass is 255 g/mol. The fraction of sp³-hybridized carbons (Fsp3) is 0.250. The summed E-state index contributed by atoms with van der Waals surface area (Å²) in [5, 5.41) is 3.17. The van der Waals surface area contributed by atoms with Gasteiger partial charge in [-0.05, 0) is 31.8 Å². The second-order valence-corrected chi connectivity index (χ2v) is 4.59. The first kappa shape index (κ1) is 12.1. The van der Waals surface area contributed by atoms with Crippen LogP contribution in [0.1, 0.15) is 18.1 Å². The molecule has 1 unspecified atom stereocenters. The summed E-state index contributed by atoms with van der Waals surface area (Å²) in [4.78, 5) is 0. The molecular weight excluding hydrogens is 238 g/mol. The van der Waals surface area contributed by atoms with Gasteiger partial charge < -0.3 is 14.8 Å². The van der Waals surface area contributed by atoms with Gasteiger partial charge in [-0.1, -0.05) is 30.3 Å². The molecule has 3 heteroatoms. The number of ether oxygens (including phenoxy) is 2. The Kier molecular flexibility index (Phi) is 3.38. The average molecular weight is 255 g/mol. The molecule has 0 aliphatic carbocycles. The smallest absolute Gasteiger partial charge is 0.169 e. The van der Waals surface area contributed by atoms with Crippen LogP contribution >= 0.6 is 0 Å². The van der Waals surface area contributed by atoms with Gasteiger partial charge in [-0.25, -0.2) is 0 Å². The number of fused-ring (bicyclic) bond motifs is 2. The van der Waals surface area contributed by atoms with Crippen molar-refractivity contribution in [1.82, 2.24) is 5.32 Å². The molecule has 0 saturated heterocycles. The zero-order chi connectivity index (χ0) is 13.1. The lowest BCUT2D eigenvalue weighted by Crippen LogP contribution is -2.15. The zero-order valence-corrected chi connectivity index (χ0v) is 10.9. The Morgan fingerprint density at radius 2 is 1.63 bits per heavy atom. The summed E-state index contributed by atoms with van der Waals surface area (Å²) in [6.45, 7) is 0.904. The first-order valence-electron chi connectivity index (χ1n) is 6.55. The van der Waals surface area contributed by atoms with Crippen molar-refractivity contribution in [1.29, 1.82) is 0 Å². The number of benzene rings is 2. The van der Waals surface area contributed by atoms with Crippen molar-refractivity contribution in [3.8, 4) is 17.2 Å². The first-order chi connectivity index (χ1) is 9.38. The van der Waals surface area contributed by atoms with E-state index in [9.17, 15) is 0 Å². The maximum atomic E-state index is 6.12. The van der Waals surface area contributed by atoms with Crippen molar-refractivity contribution < 1.29 is 9.47 Å². The van der Waals surface area contributed by atoms with Crippen molar-refractivity contribution in [3.05, 3.63) is 54.1 Å². The predicted octanol–water partition coefficient (Wildman–Crippen LogP) is 3.52. The molecule has 3 rings (SSSR count). The van der Waals surface area contributed by atoms with Gasteiger partial charge in [0.15, 0.2) is 11.5 Å². The maximum absolute atomic E-state index is 6.12. The van der Waals surface area contributed by atoms with Crippen molar-refractivity contribution in [2.45, 2.75) is 12.5 Å². The molecule has 0 bridgehead atoms. The van der Waals surface area contributed by atoms with E-state index in [1.165, 1.54) is 0 Å². The molecule has 0 saturated carbocycles. The molecule has 0 amide bonds. The number of para-hydroxylation sites is 3. The summed E-state index contributed by atoms with van der Waals surface area (Å²) in [6.07, 6.45) is 0.929. The second kappa shape index (κ2) is 5.33. The summed E-state index contributed by atoms with van der Waals surface area (Å²) >= 11 is 0. The van der Waals surface area contributed by atoms with E-state index in [1.807, 2.05) is 49.5 Å². The van der Waals surface area contributed by atoms with Crippen LogP contribution in [0.5, 0.6) is 17.2 Å². The highest BCUT2D eigenvalue weighted by Crippen LogP contribution is 2.42. The molecular formula is C16H17NO2. The summed E-state index contributed by atoms with van der Waals surface area (Å²) in [5.74, 6) is 2.47. The molecule has 1 aliphatic heterocycles. The molecule has 3 nitrogen and oxygen atoms in total. The van der Waals surface area contributed by atoms with Gasteiger partial charge >= 0.3 is 0 Å². The van der Waals surface area contributed by atoms with E-state index in [2.05, 4.69) is 11.4 Å². The Bertz CT molecular complexity index is 568. The third-order valence-electron chi connectivity index (χ3n) is 3.26. The number of nitrogens with one attached hydrogen (secondary N) is 1. The van der Waals surface area contributed by atoms with Crippen LogP contribution in [0.25, 0.3) is 0 Å². The summed E-state index contributed by atoms with van der Waals surface area (Å²) in [7, 11) is 1.95. The van der Waals surface area contributed by atoms with Crippen LogP contribution in [-0.4, -0.2) is 13.6 Å². The van der Waals surface area contributed by atoms with Gasteiger partial charge in [0, 0.05) is 12.0 Å². The van der Waals surface area contributed by atoms with Gasteiger partial charge in [-0.2, -0.15) is 0 Å². The molecule has 0 fully saturated rings. The fourth-order valence-corrected chi connectivity index (χ4v) is 2.30. The summed E-state index contributed by atoms with van der Waals surface area (Å²) in [6, 6.07) is 15.9. The average Bonchev–Trinajstić information content (AvgIpc) is 2.61. The van der Waals surface area contributed by atoms with Crippen molar-refractivity contribution in [3.63, 3.8) is 0 Å². The number of hydrogen-bond acceptors (Lipinski definition) is 3. The van der Waals surface area contributed by atoms with Gasteiger partial charge in [0.05, 0.1) is 0 Å². The number of rotatable bonds is 3. The van der Waals surface area contributed by atoms with Gasteiger partial charge in [0.1, 0.15) is 11.9 Å². The van der Waals surface area contributed by atoms with E-state index >= 15 is 0 Å². The third kappa shape index (κ3) is 2.42. The van der Waals surface area contributed by atoms with Gasteiger partial charge in [0.2, 0.25) is 0 Å². The molecule has 2 aromatic carbocycles. The SMILES string of the molecule is CNCCC1Oc2ccccc2Oc2ccccc21. The van der Waals surface area contributed by atoms with Crippen LogP contribution in [-0.2, 0) is 0 Å². The topological polar surface area (TPSA) is 30.5 Å². The van der Waals surface area contributed by atoms with E-state index in [-0.39, 0.29) is 6.10 Å². The van der Waals surface area contributed by atoms with Crippen molar-refractivity contribution in [2.75, 3.05) is 13.6 Å². The fourth-order valence-electron chi connectivity index (χ4n) is 2.30. The molecule has 2 aromatic rings. The van der Waals surface area contributed by atoms with Crippen LogP contribution in [0.15, 0.2) is 48.5 Å². The molecule has 0 spiro atoms. The lowest BCUT2D eigenvalue weighted by Gasteiger charge is -2.17. The van der Waals surface area contributed by atoms with E-state index < -0.39 is 0 Å². The minimum absolute atomic E-state index is 0.0206. The van der Waals surface area contributed by atoms with E-state index in [4.69, 9.17) is 9.47 Å². The van der Waals surface area contributed by atoms with Crippen LogP contribution in [0.3, 0.4) is 0 Å². The first-order valence-corrected chi connectivity index (χ1v) is 6.55. The van der Waals surface area contributed by atoms with Gasteiger partial charge in [0.25, 0.3) is 0 Å². The molecule has 1 N–H and O–H groups in total. The molecule has 19 heavy (non-hydrogen) atoms. The van der Waals surface area contributed by atoms with E-state index in [1.54, 1.807) is 0 Å². The highest BCUT2D eigenvalue weighted by atomic mass is 16.5. The Balaban J connectivity index is 2.01. The minimum atomic E-state index is 0.0206. The zero-order valence-electron chi connectivity index (χ0n) is 10.9. The largest absolute Gasteiger partial charge is 0.482 e. The lowest BCUT2D eigenvalue weighted by molar-refractivity contribution is 0.197. The minimum Gasteiger partial charge on any atom is -0.482 e. The normalized spacial score (nSPS) is 16.6. The van der Waals surface area contributed by atoms with Crippen LogP contribution in [0.4, 0.5) is 0 Å². The highest BCUT2D eigenvalue weighted by molar-refractivity contribution is 5.48. The molecule has 1 atom stereocenters. The van der Waals surface area contributed by atoms with Crippen LogP contribution in [0, 0.1) is 0 Å². The summed E-state index contributed by atoms with van der Waals surface area (Å²) in [5.41, 5.74) is 1.11. The Labute approximate surface area is 113 Å². The van der Waals surface area contributed by atoms with E-state index in [0.717, 1.165) is 35.8 Å². The lowest BCUT2D eigenvalue weighted by atomic mass is 10.1. The third-order valence-corrected chi connectivity index (χ3v) is 3.26. The predicted molar refractivity (Wildman–Crippen MR) is 74.9 cm³/mol. The highest BCUT2D eigenvalue weighted by Gasteiger charge is 2.23. The molecule has 98 valence electrons. The van der Waals surface area contributed by atoms with Crippen LogP contribution in [0.2, 0.25) is 0 Å². The Hall–Kier alpha value is -2.00. The maximum Gasteiger partial charge on any atom is 0.169 e. The van der Waals surface area contributed by atoms with Crippen LogP contribution < -0.4 is 14.8 Å². The molecule has 1 heterocycles. The van der Waals surface area contributed by atoms with Gasteiger partial charge in [-0.3, -0.25) is 0 Å². The van der Waals surface area contributed by atoms with Gasteiger partial charge in [-0.15, -0.1) is 0 Å². The molecule has 0 radical (unpaired) electrons. The standard InChI is InChI=1S/C16H17NO2/c1-17-11-10-14-12-6-2-3-7-13(12)18-15-8-4-5-9-16(15)19-14/h2-9,14,17H,10-11H2,1H3. The van der Waals surface area contributed by atoms with E-state index in [0.29, 0.717) is 0 Å².